The van der Waals surface area contributed by atoms with Gasteiger partial charge in [0.15, 0.2) is 0 Å². The largest absolute Gasteiger partial charge is 0.316 e. The van der Waals surface area contributed by atoms with Gasteiger partial charge in [-0.1, -0.05) is 6.42 Å². The van der Waals surface area contributed by atoms with Gasteiger partial charge in [-0.05, 0) is 51.9 Å². The topological polar surface area (TPSA) is 15.3 Å². The van der Waals surface area contributed by atoms with Gasteiger partial charge in [0.2, 0.25) is 0 Å². The Kier molecular flexibility index (Phi) is 2.37. The van der Waals surface area contributed by atoms with Gasteiger partial charge in [0.25, 0.3) is 0 Å². The van der Waals surface area contributed by atoms with E-state index in [4.69, 9.17) is 0 Å². The molecule has 3 atom stereocenters. The van der Waals surface area contributed by atoms with Crippen LogP contribution in [0.1, 0.15) is 19.3 Å². The lowest BCUT2D eigenvalue weighted by Crippen LogP contribution is -2.41. The van der Waals surface area contributed by atoms with E-state index in [1.165, 1.54) is 32.4 Å². The van der Waals surface area contributed by atoms with Crippen LogP contribution in [0.15, 0.2) is 0 Å². The summed E-state index contributed by atoms with van der Waals surface area (Å²) in [6.45, 7) is 2.53. The zero-order valence-corrected chi connectivity index (χ0v) is 8.21. The third-order valence-electron chi connectivity index (χ3n) is 3.62. The summed E-state index contributed by atoms with van der Waals surface area (Å²) in [5, 5.41) is 3.52. The number of fused-ring (bicyclic) bond motifs is 1. The highest BCUT2D eigenvalue weighted by Crippen LogP contribution is 2.34. The molecule has 0 aromatic heterocycles. The van der Waals surface area contributed by atoms with E-state index in [9.17, 15) is 0 Å². The Morgan fingerprint density at radius 3 is 2.75 bits per heavy atom. The molecule has 1 N–H and O–H groups in total. The van der Waals surface area contributed by atoms with Gasteiger partial charge in [-0.3, -0.25) is 0 Å². The summed E-state index contributed by atoms with van der Waals surface area (Å²) in [4.78, 5) is 2.42. The molecule has 1 heterocycles. The Labute approximate surface area is 75.3 Å². The molecule has 12 heavy (non-hydrogen) atoms. The van der Waals surface area contributed by atoms with Crippen molar-refractivity contribution in [3.8, 4) is 0 Å². The monoisotopic (exact) mass is 168 g/mol. The van der Waals surface area contributed by atoms with Crippen molar-refractivity contribution in [2.45, 2.75) is 25.3 Å². The predicted molar refractivity (Wildman–Crippen MR) is 51.2 cm³/mol. The first kappa shape index (κ1) is 8.52. The van der Waals surface area contributed by atoms with Crippen molar-refractivity contribution in [3.63, 3.8) is 0 Å². The number of rotatable bonds is 1. The zero-order chi connectivity index (χ0) is 8.55. The highest BCUT2D eigenvalue weighted by molar-refractivity contribution is 4.92. The quantitative estimate of drug-likeness (QED) is 0.627. The minimum Gasteiger partial charge on any atom is -0.316 e. The normalized spacial score (nSPS) is 41.8. The molecule has 1 saturated carbocycles. The average Bonchev–Trinajstić information content (AvgIpc) is 2.49. The number of nitrogens with zero attached hydrogens (tertiary/aromatic N) is 1. The molecule has 2 nitrogen and oxygen atoms in total. The van der Waals surface area contributed by atoms with Crippen molar-refractivity contribution in [1.82, 2.24) is 10.2 Å². The van der Waals surface area contributed by atoms with Crippen LogP contribution in [0.25, 0.3) is 0 Å². The van der Waals surface area contributed by atoms with Gasteiger partial charge in [0.1, 0.15) is 0 Å². The molecule has 0 spiro atoms. The third-order valence-corrected chi connectivity index (χ3v) is 3.62. The van der Waals surface area contributed by atoms with Crippen LogP contribution in [0.3, 0.4) is 0 Å². The highest BCUT2D eigenvalue weighted by Gasteiger charge is 2.37. The van der Waals surface area contributed by atoms with Crippen LogP contribution in [0, 0.1) is 11.8 Å². The van der Waals surface area contributed by atoms with Crippen LogP contribution < -0.4 is 5.32 Å². The average molecular weight is 168 g/mol. The van der Waals surface area contributed by atoms with Gasteiger partial charge in [-0.25, -0.2) is 0 Å². The number of nitrogens with one attached hydrogen (secondary N) is 1. The van der Waals surface area contributed by atoms with Crippen LogP contribution in [0.5, 0.6) is 0 Å². The molecular weight excluding hydrogens is 148 g/mol. The molecule has 2 heteroatoms. The van der Waals surface area contributed by atoms with Gasteiger partial charge < -0.3 is 10.2 Å². The first-order valence-corrected chi connectivity index (χ1v) is 5.16. The van der Waals surface area contributed by atoms with Crippen molar-refractivity contribution >= 4 is 0 Å². The van der Waals surface area contributed by atoms with E-state index in [-0.39, 0.29) is 0 Å². The summed E-state index contributed by atoms with van der Waals surface area (Å²) in [7, 11) is 4.46. The molecule has 0 aromatic carbocycles. The minimum absolute atomic E-state index is 0.846. The van der Waals surface area contributed by atoms with Crippen LogP contribution in [-0.2, 0) is 0 Å². The molecule has 2 rings (SSSR count). The highest BCUT2D eigenvalue weighted by atomic mass is 15.1. The molecule has 0 amide bonds. The minimum atomic E-state index is 0.846. The van der Waals surface area contributed by atoms with Crippen LogP contribution in [-0.4, -0.2) is 38.1 Å². The fraction of sp³-hybridized carbons (Fsp3) is 1.00. The Morgan fingerprint density at radius 2 is 2.00 bits per heavy atom. The first-order chi connectivity index (χ1) is 5.79. The summed E-state index contributed by atoms with van der Waals surface area (Å²) in [5.74, 6) is 1.92. The summed E-state index contributed by atoms with van der Waals surface area (Å²) in [6, 6.07) is 0.846. The van der Waals surface area contributed by atoms with E-state index in [1.54, 1.807) is 0 Å². The molecule has 1 aliphatic carbocycles. The van der Waals surface area contributed by atoms with E-state index >= 15 is 0 Å². The lowest BCUT2D eigenvalue weighted by Gasteiger charge is -2.37. The third kappa shape index (κ3) is 1.38. The summed E-state index contributed by atoms with van der Waals surface area (Å²) in [6.07, 6.45) is 4.31. The second-order valence-electron chi connectivity index (χ2n) is 4.54. The molecule has 0 bridgehead atoms. The van der Waals surface area contributed by atoms with Gasteiger partial charge in [-0.2, -0.15) is 0 Å². The van der Waals surface area contributed by atoms with Crippen LogP contribution in [0.4, 0.5) is 0 Å². The van der Waals surface area contributed by atoms with Crippen LogP contribution in [0.2, 0.25) is 0 Å². The van der Waals surface area contributed by atoms with Crippen molar-refractivity contribution in [2.75, 3.05) is 27.2 Å². The van der Waals surface area contributed by atoms with E-state index in [2.05, 4.69) is 24.3 Å². The first-order valence-electron chi connectivity index (χ1n) is 5.16. The fourth-order valence-corrected chi connectivity index (χ4v) is 2.96. The smallest absolute Gasteiger partial charge is 0.0133 e. The molecular formula is C10H20N2. The maximum absolute atomic E-state index is 3.52. The second-order valence-corrected chi connectivity index (χ2v) is 4.54. The summed E-state index contributed by atoms with van der Waals surface area (Å²) in [5.41, 5.74) is 0. The maximum atomic E-state index is 3.52. The lowest BCUT2D eigenvalue weighted by molar-refractivity contribution is 0.134. The fourth-order valence-electron chi connectivity index (χ4n) is 2.96. The molecule has 2 aliphatic rings. The van der Waals surface area contributed by atoms with Crippen LogP contribution >= 0.6 is 0 Å². The van der Waals surface area contributed by atoms with Gasteiger partial charge in [0.05, 0.1) is 0 Å². The van der Waals surface area contributed by atoms with E-state index < -0.39 is 0 Å². The summed E-state index contributed by atoms with van der Waals surface area (Å²) < 4.78 is 0. The number of hydrogen-bond donors (Lipinski definition) is 1. The van der Waals surface area contributed by atoms with E-state index in [1.807, 2.05) is 0 Å². The molecule has 0 radical (unpaired) electrons. The van der Waals surface area contributed by atoms with Gasteiger partial charge in [-0.15, -0.1) is 0 Å². The Hall–Kier alpha value is -0.0800. The predicted octanol–water partition coefficient (Wildman–Crippen LogP) is 0.936. The SMILES string of the molecule is CN(C)C1CCCC2CNCC21. The second kappa shape index (κ2) is 3.35. The van der Waals surface area contributed by atoms with Crippen molar-refractivity contribution < 1.29 is 0 Å². The number of hydrogen-bond acceptors (Lipinski definition) is 2. The molecule has 1 aliphatic heterocycles. The Bertz CT molecular complexity index is 156. The van der Waals surface area contributed by atoms with Crippen molar-refractivity contribution in [1.29, 1.82) is 0 Å². The van der Waals surface area contributed by atoms with Crippen molar-refractivity contribution in [2.24, 2.45) is 11.8 Å². The Morgan fingerprint density at radius 1 is 1.17 bits per heavy atom. The Balaban J connectivity index is 2.03. The molecule has 1 saturated heterocycles. The van der Waals surface area contributed by atoms with Gasteiger partial charge in [0, 0.05) is 6.04 Å². The lowest BCUT2D eigenvalue weighted by atomic mass is 9.77. The maximum Gasteiger partial charge on any atom is 0.0133 e. The zero-order valence-electron chi connectivity index (χ0n) is 8.21. The standard InChI is InChI=1S/C10H20N2/c1-12(2)10-5-3-4-8-6-11-7-9(8)10/h8-11H,3-7H2,1-2H3. The molecule has 0 aromatic rings. The van der Waals surface area contributed by atoms with Gasteiger partial charge >= 0.3 is 0 Å². The molecule has 70 valence electrons. The summed E-state index contributed by atoms with van der Waals surface area (Å²) >= 11 is 0. The molecule has 3 unspecified atom stereocenters. The van der Waals surface area contributed by atoms with Crippen molar-refractivity contribution in [3.05, 3.63) is 0 Å². The van der Waals surface area contributed by atoms with E-state index in [0.29, 0.717) is 0 Å². The van der Waals surface area contributed by atoms with E-state index in [0.717, 1.165) is 17.9 Å². The molecule has 2 fully saturated rings.